The van der Waals surface area contributed by atoms with Gasteiger partial charge in [-0.3, -0.25) is 0 Å². The van der Waals surface area contributed by atoms with Crippen molar-refractivity contribution < 1.29 is 9.47 Å². The summed E-state index contributed by atoms with van der Waals surface area (Å²) in [6, 6.07) is 18.6. The molecule has 0 heterocycles. The summed E-state index contributed by atoms with van der Waals surface area (Å²) in [6.07, 6.45) is 0.944. The molecule has 2 aromatic rings. The molecule has 0 amide bonds. The van der Waals surface area contributed by atoms with Crippen LogP contribution in [0.3, 0.4) is 0 Å². The van der Waals surface area contributed by atoms with Gasteiger partial charge in [-0.1, -0.05) is 36.4 Å². The lowest BCUT2D eigenvalue weighted by Crippen LogP contribution is -2.28. The lowest BCUT2D eigenvalue weighted by atomic mass is 10.0. The molecule has 0 saturated heterocycles. The molecule has 3 nitrogen and oxygen atoms in total. The zero-order valence-electron chi connectivity index (χ0n) is 13.8. The van der Waals surface area contributed by atoms with E-state index in [1.54, 1.807) is 7.11 Å². The summed E-state index contributed by atoms with van der Waals surface area (Å²) in [6.45, 7) is 2.21. The monoisotopic (exact) mass is 299 g/mol. The van der Waals surface area contributed by atoms with Crippen LogP contribution in [0.1, 0.15) is 25.0 Å². The van der Waals surface area contributed by atoms with E-state index >= 15 is 0 Å². The largest absolute Gasteiger partial charge is 0.497 e. The van der Waals surface area contributed by atoms with Gasteiger partial charge in [0, 0.05) is 18.5 Å². The van der Waals surface area contributed by atoms with Gasteiger partial charge in [-0.25, -0.2) is 0 Å². The maximum atomic E-state index is 6.26. The average Bonchev–Trinajstić information content (AvgIpc) is 2.55. The second-order valence-electron chi connectivity index (χ2n) is 5.74. The Labute approximate surface area is 133 Å². The topological polar surface area (TPSA) is 21.7 Å². The quantitative estimate of drug-likeness (QED) is 0.766. The number of nitrogens with zero attached hydrogens (tertiary/aromatic N) is 1. The Balaban J connectivity index is 2.20. The molecule has 0 aromatic heterocycles. The summed E-state index contributed by atoms with van der Waals surface area (Å²) < 4.78 is 11.5. The van der Waals surface area contributed by atoms with Gasteiger partial charge in [0.05, 0.1) is 7.11 Å². The van der Waals surface area contributed by atoms with Gasteiger partial charge >= 0.3 is 0 Å². The number of hydrogen-bond donors (Lipinski definition) is 0. The van der Waals surface area contributed by atoms with E-state index in [1.165, 1.54) is 5.56 Å². The molecule has 0 saturated carbocycles. The lowest BCUT2D eigenvalue weighted by molar-refractivity contribution is 0.151. The second kappa shape index (κ2) is 7.85. The predicted octanol–water partition coefficient (Wildman–Crippen LogP) is 4.16. The summed E-state index contributed by atoms with van der Waals surface area (Å²) in [4.78, 5) is 2.21. The third kappa shape index (κ3) is 4.50. The Morgan fingerprint density at radius 3 is 2.27 bits per heavy atom. The van der Waals surface area contributed by atoms with Gasteiger partial charge in [0.25, 0.3) is 0 Å². The molecule has 0 aliphatic rings. The van der Waals surface area contributed by atoms with Crippen molar-refractivity contribution in [2.75, 3.05) is 21.2 Å². The minimum atomic E-state index is 0.0192. The normalized spacial score (nSPS) is 13.7. The maximum Gasteiger partial charge on any atom is 0.125 e. The van der Waals surface area contributed by atoms with E-state index in [2.05, 4.69) is 50.2 Å². The van der Waals surface area contributed by atoms with E-state index in [1.807, 2.05) is 30.3 Å². The molecule has 0 fully saturated rings. The molecule has 3 heteroatoms. The number of benzene rings is 2. The van der Waals surface area contributed by atoms with E-state index in [0.29, 0.717) is 6.04 Å². The van der Waals surface area contributed by atoms with Crippen LogP contribution in [-0.2, 0) is 0 Å². The van der Waals surface area contributed by atoms with E-state index in [-0.39, 0.29) is 6.10 Å². The summed E-state index contributed by atoms with van der Waals surface area (Å²) in [5.41, 5.74) is 1.19. The van der Waals surface area contributed by atoms with Crippen molar-refractivity contribution in [2.45, 2.75) is 25.5 Å². The molecule has 0 radical (unpaired) electrons. The summed E-state index contributed by atoms with van der Waals surface area (Å²) in [7, 11) is 5.86. The highest BCUT2D eigenvalue weighted by atomic mass is 16.5. The van der Waals surface area contributed by atoms with Crippen molar-refractivity contribution in [1.82, 2.24) is 4.90 Å². The third-order valence-electron chi connectivity index (χ3n) is 3.93. The third-order valence-corrected chi connectivity index (χ3v) is 3.93. The van der Waals surface area contributed by atoms with Crippen molar-refractivity contribution in [1.29, 1.82) is 0 Å². The smallest absolute Gasteiger partial charge is 0.125 e. The molecule has 2 rings (SSSR count). The first-order chi connectivity index (χ1) is 10.6. The zero-order chi connectivity index (χ0) is 15.9. The van der Waals surface area contributed by atoms with Crippen LogP contribution in [0.5, 0.6) is 11.5 Å². The van der Waals surface area contributed by atoms with E-state index in [9.17, 15) is 0 Å². The SMILES string of the molecule is COc1cccc(OC(CC(C)N(C)C)c2ccccc2)c1. The second-order valence-corrected chi connectivity index (χ2v) is 5.74. The first kappa shape index (κ1) is 16.4. The van der Waals surface area contributed by atoms with Crippen LogP contribution < -0.4 is 9.47 Å². The Morgan fingerprint density at radius 1 is 0.955 bits per heavy atom. The van der Waals surface area contributed by atoms with Crippen molar-refractivity contribution >= 4 is 0 Å². The van der Waals surface area contributed by atoms with Gasteiger partial charge in [-0.05, 0) is 38.7 Å². The maximum absolute atomic E-state index is 6.26. The van der Waals surface area contributed by atoms with E-state index in [0.717, 1.165) is 17.9 Å². The van der Waals surface area contributed by atoms with E-state index in [4.69, 9.17) is 9.47 Å². The van der Waals surface area contributed by atoms with Crippen molar-refractivity contribution in [3.05, 3.63) is 60.2 Å². The van der Waals surface area contributed by atoms with Gasteiger partial charge < -0.3 is 14.4 Å². The van der Waals surface area contributed by atoms with Gasteiger partial charge in [-0.2, -0.15) is 0 Å². The van der Waals surface area contributed by atoms with Crippen LogP contribution in [0.15, 0.2) is 54.6 Å². The first-order valence-electron chi connectivity index (χ1n) is 7.62. The van der Waals surface area contributed by atoms with Crippen LogP contribution >= 0.6 is 0 Å². The molecule has 22 heavy (non-hydrogen) atoms. The van der Waals surface area contributed by atoms with Crippen molar-refractivity contribution in [3.63, 3.8) is 0 Å². The summed E-state index contributed by atoms with van der Waals surface area (Å²) in [5.74, 6) is 1.64. The van der Waals surface area contributed by atoms with Gasteiger partial charge in [0.1, 0.15) is 17.6 Å². The standard InChI is InChI=1S/C19H25NO2/c1-15(20(2)3)13-19(16-9-6-5-7-10-16)22-18-12-8-11-17(14-18)21-4/h5-12,14-15,19H,13H2,1-4H3. The molecule has 2 aromatic carbocycles. The number of rotatable bonds is 7. The molecule has 0 bridgehead atoms. The average molecular weight is 299 g/mol. The molecule has 0 spiro atoms. The molecule has 0 N–H and O–H groups in total. The van der Waals surface area contributed by atoms with Crippen molar-refractivity contribution in [2.24, 2.45) is 0 Å². The highest BCUT2D eigenvalue weighted by Gasteiger charge is 2.18. The number of hydrogen-bond acceptors (Lipinski definition) is 3. The highest BCUT2D eigenvalue weighted by Crippen LogP contribution is 2.28. The molecule has 2 atom stereocenters. The minimum absolute atomic E-state index is 0.0192. The van der Waals surface area contributed by atoms with Gasteiger partial charge in [0.15, 0.2) is 0 Å². The van der Waals surface area contributed by atoms with Crippen LogP contribution in [-0.4, -0.2) is 32.1 Å². The Kier molecular flexibility index (Phi) is 5.84. The fraction of sp³-hybridized carbons (Fsp3) is 0.368. The zero-order valence-corrected chi connectivity index (χ0v) is 13.8. The summed E-state index contributed by atoms with van der Waals surface area (Å²) >= 11 is 0. The fourth-order valence-corrected chi connectivity index (χ4v) is 2.28. The lowest BCUT2D eigenvalue weighted by Gasteiger charge is -2.26. The van der Waals surface area contributed by atoms with Crippen molar-refractivity contribution in [3.8, 4) is 11.5 Å². The fourth-order valence-electron chi connectivity index (χ4n) is 2.28. The molecular weight excluding hydrogens is 274 g/mol. The summed E-state index contributed by atoms with van der Waals surface area (Å²) in [5, 5.41) is 0. The minimum Gasteiger partial charge on any atom is -0.497 e. The molecular formula is C19H25NO2. The molecule has 118 valence electrons. The van der Waals surface area contributed by atoms with Gasteiger partial charge in [-0.15, -0.1) is 0 Å². The first-order valence-corrected chi connectivity index (χ1v) is 7.62. The molecule has 0 aliphatic carbocycles. The Bertz CT molecular complexity index is 569. The number of ether oxygens (including phenoxy) is 2. The Hall–Kier alpha value is -2.00. The van der Waals surface area contributed by atoms with Crippen LogP contribution in [0, 0.1) is 0 Å². The van der Waals surface area contributed by atoms with Crippen LogP contribution in [0.2, 0.25) is 0 Å². The number of methoxy groups -OCH3 is 1. The molecule has 2 unspecified atom stereocenters. The van der Waals surface area contributed by atoms with Gasteiger partial charge in [0.2, 0.25) is 0 Å². The van der Waals surface area contributed by atoms with Crippen LogP contribution in [0.25, 0.3) is 0 Å². The predicted molar refractivity (Wildman–Crippen MR) is 90.6 cm³/mol. The molecule has 0 aliphatic heterocycles. The van der Waals surface area contributed by atoms with Crippen LogP contribution in [0.4, 0.5) is 0 Å². The highest BCUT2D eigenvalue weighted by molar-refractivity contribution is 5.33. The van der Waals surface area contributed by atoms with E-state index < -0.39 is 0 Å². The Morgan fingerprint density at radius 2 is 1.64 bits per heavy atom.